The minimum atomic E-state index is 0. The van der Waals surface area contributed by atoms with E-state index in [1.807, 2.05) is 12.2 Å². The van der Waals surface area contributed by atoms with Gasteiger partial charge in [-0.3, -0.25) is 0 Å². The average molecular weight is 227 g/mol. The molecule has 0 aliphatic rings. The lowest BCUT2D eigenvalue weighted by molar-refractivity contribution is 0.318. The second-order valence-corrected chi connectivity index (χ2v) is 2.89. The van der Waals surface area contributed by atoms with Gasteiger partial charge in [0.25, 0.3) is 0 Å². The van der Waals surface area contributed by atoms with Crippen LogP contribution < -0.4 is 11.5 Å². The summed E-state index contributed by atoms with van der Waals surface area (Å²) in [6.45, 7) is 8.55. The van der Waals surface area contributed by atoms with Crippen LogP contribution in [0.1, 0.15) is 12.8 Å². The Balaban J connectivity index is -0.000000500. The zero-order valence-corrected chi connectivity index (χ0v) is 9.50. The molecule has 4 N–H and O–H groups in total. The fourth-order valence-corrected chi connectivity index (χ4v) is 1.11. The standard InChI is InChI=1S/C9H18N2.2ClH/c1-3-5-9(7-10,8-11)6-4-2;;/h3-4H,1-2,5-8,10-11H2;2*1H. The molecule has 0 fully saturated rings. The Morgan fingerprint density at radius 2 is 1.23 bits per heavy atom. The van der Waals surface area contributed by atoms with Gasteiger partial charge in [0.1, 0.15) is 0 Å². The van der Waals surface area contributed by atoms with E-state index in [9.17, 15) is 0 Å². The molecule has 2 nitrogen and oxygen atoms in total. The number of nitrogens with two attached hydrogens (primary N) is 2. The SMILES string of the molecule is C=CCC(CN)(CN)CC=C.Cl.Cl. The Morgan fingerprint density at radius 1 is 0.923 bits per heavy atom. The molecule has 0 atom stereocenters. The summed E-state index contributed by atoms with van der Waals surface area (Å²) < 4.78 is 0. The number of hydrogen-bond donors (Lipinski definition) is 2. The van der Waals surface area contributed by atoms with E-state index >= 15 is 0 Å². The summed E-state index contributed by atoms with van der Waals surface area (Å²) >= 11 is 0. The molecule has 0 saturated heterocycles. The van der Waals surface area contributed by atoms with Crippen molar-refractivity contribution in [2.45, 2.75) is 12.8 Å². The summed E-state index contributed by atoms with van der Waals surface area (Å²) in [5, 5.41) is 0. The van der Waals surface area contributed by atoms with Crippen molar-refractivity contribution in [2.24, 2.45) is 16.9 Å². The van der Waals surface area contributed by atoms with Crippen LogP contribution in [0.2, 0.25) is 0 Å². The highest BCUT2D eigenvalue weighted by molar-refractivity contribution is 5.85. The maximum absolute atomic E-state index is 5.61. The van der Waals surface area contributed by atoms with Crippen molar-refractivity contribution < 1.29 is 0 Å². The van der Waals surface area contributed by atoms with E-state index in [0.29, 0.717) is 13.1 Å². The largest absolute Gasteiger partial charge is 0.330 e. The Bertz CT molecular complexity index is 122. The zero-order valence-electron chi connectivity index (χ0n) is 7.87. The number of hydrogen-bond acceptors (Lipinski definition) is 2. The van der Waals surface area contributed by atoms with Crippen LogP contribution in [-0.4, -0.2) is 13.1 Å². The second kappa shape index (κ2) is 10.1. The average Bonchev–Trinajstić information content (AvgIpc) is 2.04. The monoisotopic (exact) mass is 226 g/mol. The van der Waals surface area contributed by atoms with Crippen LogP contribution in [0.25, 0.3) is 0 Å². The summed E-state index contributed by atoms with van der Waals surface area (Å²) in [7, 11) is 0. The fraction of sp³-hybridized carbons (Fsp3) is 0.556. The molecule has 0 aromatic heterocycles. The predicted molar refractivity (Wildman–Crippen MR) is 64.7 cm³/mol. The van der Waals surface area contributed by atoms with E-state index in [2.05, 4.69) is 13.2 Å². The molecule has 0 spiro atoms. The first-order chi connectivity index (χ1) is 5.24. The molecular formula is C9H20Cl2N2. The van der Waals surface area contributed by atoms with Gasteiger partial charge >= 0.3 is 0 Å². The maximum Gasteiger partial charge on any atom is 0.00167 e. The van der Waals surface area contributed by atoms with Gasteiger partial charge in [-0.05, 0) is 25.9 Å². The Hall–Kier alpha value is -0.0200. The van der Waals surface area contributed by atoms with Crippen molar-refractivity contribution in [2.75, 3.05) is 13.1 Å². The van der Waals surface area contributed by atoms with Gasteiger partial charge in [0, 0.05) is 5.41 Å². The highest BCUT2D eigenvalue weighted by Crippen LogP contribution is 2.24. The van der Waals surface area contributed by atoms with Gasteiger partial charge < -0.3 is 11.5 Å². The molecule has 0 bridgehead atoms. The van der Waals surface area contributed by atoms with E-state index < -0.39 is 0 Å². The molecule has 0 aliphatic carbocycles. The Labute approximate surface area is 93.3 Å². The van der Waals surface area contributed by atoms with Gasteiger partial charge in [-0.25, -0.2) is 0 Å². The highest BCUT2D eigenvalue weighted by atomic mass is 35.5. The normalized spacial score (nSPS) is 9.38. The number of allylic oxidation sites excluding steroid dienone is 2. The van der Waals surface area contributed by atoms with Crippen LogP contribution in [0, 0.1) is 5.41 Å². The van der Waals surface area contributed by atoms with Crippen LogP contribution in [0.15, 0.2) is 25.3 Å². The Morgan fingerprint density at radius 3 is 1.38 bits per heavy atom. The minimum absolute atomic E-state index is 0. The molecule has 0 aliphatic heterocycles. The van der Waals surface area contributed by atoms with Crippen molar-refractivity contribution in [3.8, 4) is 0 Å². The fourth-order valence-electron chi connectivity index (χ4n) is 1.11. The quantitative estimate of drug-likeness (QED) is 0.681. The first kappa shape index (κ1) is 18.7. The molecule has 0 aromatic rings. The molecule has 0 unspecified atom stereocenters. The number of halogens is 2. The van der Waals surface area contributed by atoms with Crippen molar-refractivity contribution in [3.05, 3.63) is 25.3 Å². The first-order valence-electron chi connectivity index (χ1n) is 3.86. The van der Waals surface area contributed by atoms with Crippen molar-refractivity contribution in [1.29, 1.82) is 0 Å². The summed E-state index contributed by atoms with van der Waals surface area (Å²) in [6.07, 6.45) is 5.46. The Kier molecular flexibility index (Phi) is 14.5. The molecule has 0 saturated carbocycles. The maximum atomic E-state index is 5.61. The third-order valence-electron chi connectivity index (χ3n) is 2.02. The van der Waals surface area contributed by atoms with Crippen LogP contribution in [-0.2, 0) is 0 Å². The van der Waals surface area contributed by atoms with Gasteiger partial charge in [-0.1, -0.05) is 12.2 Å². The molecule has 13 heavy (non-hydrogen) atoms. The summed E-state index contributed by atoms with van der Waals surface area (Å²) in [5.41, 5.74) is 11.2. The van der Waals surface area contributed by atoms with Crippen LogP contribution >= 0.6 is 24.8 Å². The first-order valence-corrected chi connectivity index (χ1v) is 3.86. The lowest BCUT2D eigenvalue weighted by atomic mass is 9.81. The van der Waals surface area contributed by atoms with E-state index in [4.69, 9.17) is 11.5 Å². The van der Waals surface area contributed by atoms with Gasteiger partial charge in [-0.15, -0.1) is 38.0 Å². The lowest BCUT2D eigenvalue weighted by Crippen LogP contribution is -2.37. The minimum Gasteiger partial charge on any atom is -0.330 e. The van der Waals surface area contributed by atoms with Crippen LogP contribution in [0.3, 0.4) is 0 Å². The summed E-state index contributed by atoms with van der Waals surface area (Å²) in [5.74, 6) is 0. The predicted octanol–water partition coefficient (Wildman–Crippen LogP) is 1.89. The zero-order chi connectivity index (χ0) is 8.74. The molecule has 0 amide bonds. The topological polar surface area (TPSA) is 52.0 Å². The van der Waals surface area contributed by atoms with Crippen molar-refractivity contribution in [3.63, 3.8) is 0 Å². The third-order valence-corrected chi connectivity index (χ3v) is 2.02. The number of rotatable bonds is 6. The van der Waals surface area contributed by atoms with Gasteiger partial charge in [0.05, 0.1) is 0 Å². The third kappa shape index (κ3) is 6.11. The van der Waals surface area contributed by atoms with Crippen LogP contribution in [0.4, 0.5) is 0 Å². The van der Waals surface area contributed by atoms with Crippen molar-refractivity contribution in [1.82, 2.24) is 0 Å². The van der Waals surface area contributed by atoms with E-state index in [-0.39, 0.29) is 30.2 Å². The second-order valence-electron chi connectivity index (χ2n) is 2.89. The molecular weight excluding hydrogens is 207 g/mol. The van der Waals surface area contributed by atoms with Gasteiger partial charge in [0.2, 0.25) is 0 Å². The molecule has 0 aromatic carbocycles. The van der Waals surface area contributed by atoms with E-state index in [1.54, 1.807) is 0 Å². The van der Waals surface area contributed by atoms with E-state index in [0.717, 1.165) is 12.8 Å². The summed E-state index contributed by atoms with van der Waals surface area (Å²) in [6, 6.07) is 0. The molecule has 4 heteroatoms. The van der Waals surface area contributed by atoms with Crippen LogP contribution in [0.5, 0.6) is 0 Å². The van der Waals surface area contributed by atoms with E-state index in [1.165, 1.54) is 0 Å². The van der Waals surface area contributed by atoms with Gasteiger partial charge in [-0.2, -0.15) is 0 Å². The van der Waals surface area contributed by atoms with Crippen molar-refractivity contribution >= 4 is 24.8 Å². The van der Waals surface area contributed by atoms with Gasteiger partial charge in [0.15, 0.2) is 0 Å². The smallest absolute Gasteiger partial charge is 0.00167 e. The lowest BCUT2D eigenvalue weighted by Gasteiger charge is -2.28. The molecule has 0 radical (unpaired) electrons. The molecule has 0 heterocycles. The molecule has 0 rings (SSSR count). The highest BCUT2D eigenvalue weighted by Gasteiger charge is 2.23. The molecule has 80 valence electrons. The summed E-state index contributed by atoms with van der Waals surface area (Å²) in [4.78, 5) is 0.